The standard InChI is InChI=1S/C14H23N3O/c1-14(2)10-17(11-6-4-3-5-7-11)12(8-9-15)13(18)16-14/h11-12H,3-8,10H2,1-2H3,(H,16,18). The van der Waals surface area contributed by atoms with Crippen LogP contribution in [-0.2, 0) is 4.79 Å². The highest BCUT2D eigenvalue weighted by Crippen LogP contribution is 2.28. The fourth-order valence-corrected chi connectivity index (χ4v) is 3.27. The van der Waals surface area contributed by atoms with E-state index in [2.05, 4.69) is 30.1 Å². The van der Waals surface area contributed by atoms with Crippen molar-refractivity contribution in [2.24, 2.45) is 0 Å². The number of amides is 1. The van der Waals surface area contributed by atoms with E-state index in [0.29, 0.717) is 12.5 Å². The van der Waals surface area contributed by atoms with E-state index in [0.717, 1.165) is 6.54 Å². The third-order valence-corrected chi connectivity index (χ3v) is 4.07. The maximum atomic E-state index is 12.1. The van der Waals surface area contributed by atoms with Gasteiger partial charge in [0.25, 0.3) is 0 Å². The summed E-state index contributed by atoms with van der Waals surface area (Å²) in [6.45, 7) is 4.97. The average molecular weight is 249 g/mol. The first-order valence-electron chi connectivity index (χ1n) is 6.98. The van der Waals surface area contributed by atoms with Crippen LogP contribution in [0.25, 0.3) is 0 Å². The molecule has 2 aliphatic rings. The van der Waals surface area contributed by atoms with Gasteiger partial charge in [0.1, 0.15) is 6.04 Å². The second-order valence-electron chi connectivity index (χ2n) is 6.22. The summed E-state index contributed by atoms with van der Waals surface area (Å²) in [5.41, 5.74) is -0.180. The van der Waals surface area contributed by atoms with Gasteiger partial charge in [-0.1, -0.05) is 19.3 Å². The molecule has 2 rings (SSSR count). The third kappa shape index (κ3) is 2.84. The Labute approximate surface area is 109 Å². The van der Waals surface area contributed by atoms with Gasteiger partial charge in [0.2, 0.25) is 5.91 Å². The molecule has 0 radical (unpaired) electrons. The van der Waals surface area contributed by atoms with Crippen molar-refractivity contribution in [2.75, 3.05) is 6.54 Å². The molecule has 0 bridgehead atoms. The van der Waals surface area contributed by atoms with Crippen LogP contribution in [0.3, 0.4) is 0 Å². The molecule has 1 heterocycles. The highest BCUT2D eigenvalue weighted by molar-refractivity contribution is 5.83. The number of nitriles is 1. The molecular weight excluding hydrogens is 226 g/mol. The molecule has 0 aromatic heterocycles. The normalized spacial score (nSPS) is 29.6. The summed E-state index contributed by atoms with van der Waals surface area (Å²) in [7, 11) is 0. The van der Waals surface area contributed by atoms with E-state index in [1.54, 1.807) is 0 Å². The monoisotopic (exact) mass is 249 g/mol. The second kappa shape index (κ2) is 5.27. The number of carbonyl (C=O) groups excluding carboxylic acids is 1. The van der Waals surface area contributed by atoms with E-state index in [1.165, 1.54) is 32.1 Å². The van der Waals surface area contributed by atoms with Crippen molar-refractivity contribution >= 4 is 5.91 Å². The first-order chi connectivity index (χ1) is 8.53. The smallest absolute Gasteiger partial charge is 0.238 e. The lowest BCUT2D eigenvalue weighted by molar-refractivity contribution is -0.134. The van der Waals surface area contributed by atoms with Crippen molar-refractivity contribution in [3.05, 3.63) is 0 Å². The number of nitrogens with zero attached hydrogens (tertiary/aromatic N) is 2. The largest absolute Gasteiger partial charge is 0.349 e. The fourth-order valence-electron chi connectivity index (χ4n) is 3.27. The van der Waals surface area contributed by atoms with E-state index in [4.69, 9.17) is 5.26 Å². The first-order valence-corrected chi connectivity index (χ1v) is 6.98. The second-order valence-corrected chi connectivity index (χ2v) is 6.22. The Morgan fingerprint density at radius 2 is 2.06 bits per heavy atom. The lowest BCUT2D eigenvalue weighted by Crippen LogP contribution is -2.66. The van der Waals surface area contributed by atoms with Gasteiger partial charge >= 0.3 is 0 Å². The van der Waals surface area contributed by atoms with Gasteiger partial charge in [-0.2, -0.15) is 5.26 Å². The number of hydrogen-bond donors (Lipinski definition) is 1. The van der Waals surface area contributed by atoms with Crippen LogP contribution in [0.5, 0.6) is 0 Å². The lowest BCUT2D eigenvalue weighted by atomic mass is 9.88. The predicted octanol–water partition coefficient (Wildman–Crippen LogP) is 1.81. The number of carbonyl (C=O) groups is 1. The lowest BCUT2D eigenvalue weighted by Gasteiger charge is -2.47. The molecule has 100 valence electrons. The molecule has 1 atom stereocenters. The Morgan fingerprint density at radius 3 is 2.67 bits per heavy atom. The zero-order valence-electron chi connectivity index (χ0n) is 11.4. The van der Waals surface area contributed by atoms with Gasteiger partial charge in [0.05, 0.1) is 12.5 Å². The van der Waals surface area contributed by atoms with Crippen LogP contribution in [0.15, 0.2) is 0 Å². The predicted molar refractivity (Wildman–Crippen MR) is 69.8 cm³/mol. The van der Waals surface area contributed by atoms with Crippen molar-refractivity contribution in [1.82, 2.24) is 10.2 Å². The Kier molecular flexibility index (Phi) is 3.91. The van der Waals surface area contributed by atoms with E-state index in [-0.39, 0.29) is 17.5 Å². The maximum Gasteiger partial charge on any atom is 0.238 e. The fraction of sp³-hybridized carbons (Fsp3) is 0.857. The van der Waals surface area contributed by atoms with Crippen LogP contribution in [0.4, 0.5) is 0 Å². The number of hydrogen-bond acceptors (Lipinski definition) is 3. The van der Waals surface area contributed by atoms with E-state index >= 15 is 0 Å². The highest BCUT2D eigenvalue weighted by atomic mass is 16.2. The molecule has 1 unspecified atom stereocenters. The molecule has 2 fully saturated rings. The Morgan fingerprint density at radius 1 is 1.39 bits per heavy atom. The minimum Gasteiger partial charge on any atom is -0.349 e. The highest BCUT2D eigenvalue weighted by Gasteiger charge is 2.41. The van der Waals surface area contributed by atoms with Crippen molar-refractivity contribution in [1.29, 1.82) is 5.26 Å². The molecule has 1 amide bonds. The van der Waals surface area contributed by atoms with E-state index < -0.39 is 0 Å². The molecular formula is C14H23N3O. The van der Waals surface area contributed by atoms with Gasteiger partial charge in [0.15, 0.2) is 0 Å². The Bertz CT molecular complexity index is 353. The van der Waals surface area contributed by atoms with Gasteiger partial charge < -0.3 is 5.32 Å². The molecule has 18 heavy (non-hydrogen) atoms. The van der Waals surface area contributed by atoms with Crippen molar-refractivity contribution in [3.63, 3.8) is 0 Å². The van der Waals surface area contributed by atoms with Gasteiger partial charge in [-0.05, 0) is 26.7 Å². The van der Waals surface area contributed by atoms with Gasteiger partial charge in [-0.25, -0.2) is 0 Å². The van der Waals surface area contributed by atoms with Crippen LogP contribution in [0.2, 0.25) is 0 Å². The van der Waals surface area contributed by atoms with Crippen LogP contribution < -0.4 is 5.32 Å². The topological polar surface area (TPSA) is 56.1 Å². The maximum absolute atomic E-state index is 12.1. The van der Waals surface area contributed by atoms with E-state index in [9.17, 15) is 4.79 Å². The molecule has 4 heteroatoms. The van der Waals surface area contributed by atoms with Crippen molar-refractivity contribution in [2.45, 2.75) is 70.0 Å². The quantitative estimate of drug-likeness (QED) is 0.812. The SMILES string of the molecule is CC1(C)CN(C2CCCCC2)C(CC#N)C(=O)N1. The molecule has 1 aliphatic carbocycles. The molecule has 0 aromatic rings. The molecule has 1 N–H and O–H groups in total. The van der Waals surface area contributed by atoms with Crippen LogP contribution >= 0.6 is 0 Å². The van der Waals surface area contributed by atoms with Crippen molar-refractivity contribution < 1.29 is 4.79 Å². The van der Waals surface area contributed by atoms with E-state index in [1.807, 2.05) is 0 Å². The summed E-state index contributed by atoms with van der Waals surface area (Å²) in [6.07, 6.45) is 6.46. The number of rotatable bonds is 2. The zero-order valence-corrected chi connectivity index (χ0v) is 11.4. The van der Waals surface area contributed by atoms with Gasteiger partial charge in [-0.3, -0.25) is 9.69 Å². The number of piperazine rings is 1. The molecule has 1 aliphatic heterocycles. The minimum atomic E-state index is -0.244. The first kappa shape index (κ1) is 13.4. The Balaban J connectivity index is 2.15. The minimum absolute atomic E-state index is 0.0263. The summed E-state index contributed by atoms with van der Waals surface area (Å²) < 4.78 is 0. The van der Waals surface area contributed by atoms with Crippen LogP contribution in [0, 0.1) is 11.3 Å². The zero-order chi connectivity index (χ0) is 13.2. The summed E-state index contributed by atoms with van der Waals surface area (Å²) in [5.74, 6) is 0.0263. The number of nitrogens with one attached hydrogen (secondary N) is 1. The molecule has 0 aromatic carbocycles. The van der Waals surface area contributed by atoms with Crippen LogP contribution in [0.1, 0.15) is 52.4 Å². The summed E-state index contributed by atoms with van der Waals surface area (Å²) in [4.78, 5) is 14.4. The molecule has 1 saturated carbocycles. The average Bonchev–Trinajstić information content (AvgIpc) is 2.33. The molecule has 4 nitrogen and oxygen atoms in total. The van der Waals surface area contributed by atoms with Crippen LogP contribution in [-0.4, -0.2) is 35.0 Å². The molecule has 1 saturated heterocycles. The van der Waals surface area contributed by atoms with Crippen molar-refractivity contribution in [3.8, 4) is 6.07 Å². The van der Waals surface area contributed by atoms with Gasteiger partial charge in [-0.15, -0.1) is 0 Å². The molecule has 0 spiro atoms. The third-order valence-electron chi connectivity index (χ3n) is 4.07. The Hall–Kier alpha value is -1.08. The summed E-state index contributed by atoms with van der Waals surface area (Å²) in [6, 6.07) is 2.41. The summed E-state index contributed by atoms with van der Waals surface area (Å²) in [5, 5.41) is 12.0. The van der Waals surface area contributed by atoms with Gasteiger partial charge in [0, 0.05) is 18.1 Å². The summed E-state index contributed by atoms with van der Waals surface area (Å²) >= 11 is 0.